The number of nitrogens with one attached hydrogen (secondary N) is 2. The summed E-state index contributed by atoms with van der Waals surface area (Å²) >= 11 is 5.81. The fourth-order valence-electron chi connectivity index (χ4n) is 2.82. The second-order valence-electron chi connectivity index (χ2n) is 7.04. The van der Waals surface area contributed by atoms with Gasteiger partial charge in [-0.15, -0.1) is 0 Å². The zero-order valence-corrected chi connectivity index (χ0v) is 16.6. The first-order valence-corrected chi connectivity index (χ1v) is 9.31. The average Bonchev–Trinajstić information content (AvgIpc) is 3.14. The van der Waals surface area contributed by atoms with E-state index in [1.807, 2.05) is 18.2 Å². The monoisotopic (exact) mass is 388 g/mol. The van der Waals surface area contributed by atoms with Gasteiger partial charge < -0.3 is 20.1 Å². The molecule has 7 heteroatoms. The van der Waals surface area contributed by atoms with E-state index >= 15 is 0 Å². The Morgan fingerprint density at radius 1 is 1.19 bits per heavy atom. The number of guanidine groups is 1. The van der Waals surface area contributed by atoms with Crippen LogP contribution in [-0.2, 0) is 11.8 Å². The lowest BCUT2D eigenvalue weighted by Gasteiger charge is -2.27. The first-order valence-electron chi connectivity index (χ1n) is 8.93. The number of aliphatic imine (C=N–C) groups is 1. The Hall–Kier alpha value is -2.47. The third kappa shape index (κ3) is 5.04. The van der Waals surface area contributed by atoms with Crippen LogP contribution in [0.4, 0.5) is 0 Å². The number of rotatable bonds is 6. The third-order valence-electron chi connectivity index (χ3n) is 4.57. The van der Waals surface area contributed by atoms with Gasteiger partial charge in [0.2, 0.25) is 6.79 Å². The van der Waals surface area contributed by atoms with E-state index in [1.165, 1.54) is 5.56 Å². The number of benzene rings is 1. The van der Waals surface area contributed by atoms with Crippen LogP contribution in [0.3, 0.4) is 0 Å². The molecule has 0 spiro atoms. The fraction of sp³-hybridized carbons (Fsp3) is 0.400. The molecule has 1 aromatic heterocycles. The van der Waals surface area contributed by atoms with Gasteiger partial charge in [-0.25, -0.2) is 4.98 Å². The Morgan fingerprint density at radius 3 is 2.74 bits per heavy atom. The minimum Gasteiger partial charge on any atom is -0.454 e. The molecule has 0 fully saturated rings. The second-order valence-corrected chi connectivity index (χ2v) is 7.43. The van der Waals surface area contributed by atoms with Crippen molar-refractivity contribution in [2.24, 2.45) is 4.99 Å². The van der Waals surface area contributed by atoms with Gasteiger partial charge in [0.1, 0.15) is 5.15 Å². The Morgan fingerprint density at radius 2 is 2.00 bits per heavy atom. The van der Waals surface area contributed by atoms with Crippen molar-refractivity contribution >= 4 is 17.6 Å². The van der Waals surface area contributed by atoms with E-state index in [1.54, 1.807) is 19.3 Å². The van der Waals surface area contributed by atoms with Gasteiger partial charge in [0, 0.05) is 31.7 Å². The first kappa shape index (κ1) is 19.3. The highest BCUT2D eigenvalue weighted by Crippen LogP contribution is 2.36. The van der Waals surface area contributed by atoms with Crippen LogP contribution in [-0.4, -0.2) is 37.9 Å². The van der Waals surface area contributed by atoms with Crippen molar-refractivity contribution in [3.8, 4) is 11.5 Å². The third-order valence-corrected chi connectivity index (χ3v) is 4.79. The number of pyridine rings is 1. The van der Waals surface area contributed by atoms with Gasteiger partial charge in [-0.1, -0.05) is 37.6 Å². The number of halogens is 1. The molecular weight excluding hydrogens is 364 g/mol. The van der Waals surface area contributed by atoms with E-state index in [-0.39, 0.29) is 12.2 Å². The molecule has 3 rings (SSSR count). The largest absolute Gasteiger partial charge is 0.454 e. The van der Waals surface area contributed by atoms with Crippen LogP contribution in [0.2, 0.25) is 5.15 Å². The fourth-order valence-corrected chi connectivity index (χ4v) is 2.94. The van der Waals surface area contributed by atoms with Crippen LogP contribution in [0.25, 0.3) is 0 Å². The van der Waals surface area contributed by atoms with Crippen molar-refractivity contribution in [2.45, 2.75) is 25.7 Å². The molecule has 0 atom stereocenters. The maximum Gasteiger partial charge on any atom is 0.231 e. The molecule has 0 saturated carbocycles. The second kappa shape index (κ2) is 8.48. The predicted octanol–water partition coefficient (Wildman–Crippen LogP) is 3.15. The summed E-state index contributed by atoms with van der Waals surface area (Å²) in [7, 11) is 1.77. The highest BCUT2D eigenvalue weighted by molar-refractivity contribution is 6.29. The Labute approximate surface area is 165 Å². The minimum atomic E-state index is -0.0985. The van der Waals surface area contributed by atoms with Gasteiger partial charge in [-0.05, 0) is 35.7 Å². The summed E-state index contributed by atoms with van der Waals surface area (Å²) in [5.74, 6) is 2.38. The topological polar surface area (TPSA) is 67.8 Å². The van der Waals surface area contributed by atoms with E-state index in [9.17, 15) is 0 Å². The summed E-state index contributed by atoms with van der Waals surface area (Å²) in [6, 6.07) is 9.88. The molecule has 6 nitrogen and oxygen atoms in total. The molecule has 0 aliphatic carbocycles. The molecule has 1 aliphatic heterocycles. The molecule has 1 aliphatic rings. The van der Waals surface area contributed by atoms with Crippen LogP contribution < -0.4 is 20.1 Å². The molecular formula is C20H25ClN4O2. The molecule has 0 bridgehead atoms. The maximum absolute atomic E-state index is 5.81. The molecule has 0 amide bonds. The van der Waals surface area contributed by atoms with Gasteiger partial charge in [0.25, 0.3) is 0 Å². The van der Waals surface area contributed by atoms with Crippen molar-refractivity contribution in [3.63, 3.8) is 0 Å². The SMILES string of the molecule is CN=C(NCCc1ccc(Cl)nc1)NCC(C)(C)c1ccc2c(c1)OCO2. The highest BCUT2D eigenvalue weighted by Gasteiger charge is 2.24. The van der Waals surface area contributed by atoms with Gasteiger partial charge in [-0.3, -0.25) is 4.99 Å². The van der Waals surface area contributed by atoms with Crippen LogP contribution in [0.1, 0.15) is 25.0 Å². The van der Waals surface area contributed by atoms with Gasteiger partial charge >= 0.3 is 0 Å². The van der Waals surface area contributed by atoms with E-state index in [0.717, 1.165) is 42.5 Å². The molecule has 0 radical (unpaired) electrons. The van der Waals surface area contributed by atoms with E-state index < -0.39 is 0 Å². The number of hydrogen-bond acceptors (Lipinski definition) is 4. The zero-order valence-electron chi connectivity index (χ0n) is 15.9. The summed E-state index contributed by atoms with van der Waals surface area (Å²) < 4.78 is 10.9. The molecule has 144 valence electrons. The number of nitrogens with zero attached hydrogens (tertiary/aromatic N) is 2. The normalized spacial score (nSPS) is 13.6. The maximum atomic E-state index is 5.81. The Balaban J connectivity index is 1.51. The summed E-state index contributed by atoms with van der Waals surface area (Å²) in [6.45, 7) is 6.15. The quantitative estimate of drug-likeness (QED) is 0.452. The summed E-state index contributed by atoms with van der Waals surface area (Å²) in [4.78, 5) is 8.40. The van der Waals surface area contributed by atoms with Crippen LogP contribution >= 0.6 is 11.6 Å². The van der Waals surface area contributed by atoms with Gasteiger partial charge in [-0.2, -0.15) is 0 Å². The Bertz CT molecular complexity index is 806. The number of hydrogen-bond donors (Lipinski definition) is 2. The molecule has 0 unspecified atom stereocenters. The first-order chi connectivity index (χ1) is 13.0. The minimum absolute atomic E-state index is 0.0985. The predicted molar refractivity (Wildman–Crippen MR) is 108 cm³/mol. The van der Waals surface area contributed by atoms with Crippen molar-refractivity contribution < 1.29 is 9.47 Å². The molecule has 0 saturated heterocycles. The summed E-state index contributed by atoms with van der Waals surface area (Å²) in [5.41, 5.74) is 2.21. The van der Waals surface area contributed by atoms with Gasteiger partial charge in [0.15, 0.2) is 17.5 Å². The van der Waals surface area contributed by atoms with Crippen LogP contribution in [0.15, 0.2) is 41.5 Å². The van der Waals surface area contributed by atoms with Gasteiger partial charge in [0.05, 0.1) is 0 Å². The summed E-state index contributed by atoms with van der Waals surface area (Å²) in [5, 5.41) is 7.24. The van der Waals surface area contributed by atoms with Crippen LogP contribution in [0.5, 0.6) is 11.5 Å². The smallest absolute Gasteiger partial charge is 0.231 e. The zero-order chi connectivity index (χ0) is 19.3. The van der Waals surface area contributed by atoms with Crippen molar-refractivity contribution in [1.82, 2.24) is 15.6 Å². The Kier molecular flexibility index (Phi) is 6.06. The van der Waals surface area contributed by atoms with E-state index in [2.05, 4.69) is 40.5 Å². The number of ether oxygens (including phenoxy) is 2. The molecule has 2 heterocycles. The summed E-state index contributed by atoms with van der Waals surface area (Å²) in [6.07, 6.45) is 2.64. The van der Waals surface area contributed by atoms with E-state index in [0.29, 0.717) is 5.15 Å². The molecule has 1 aromatic carbocycles. The van der Waals surface area contributed by atoms with E-state index in [4.69, 9.17) is 21.1 Å². The molecule has 2 N–H and O–H groups in total. The lowest BCUT2D eigenvalue weighted by Crippen LogP contribution is -2.44. The van der Waals surface area contributed by atoms with Crippen LogP contribution in [0, 0.1) is 0 Å². The lowest BCUT2D eigenvalue weighted by atomic mass is 9.84. The number of aromatic nitrogens is 1. The molecule has 27 heavy (non-hydrogen) atoms. The van der Waals surface area contributed by atoms with Crippen molar-refractivity contribution in [2.75, 3.05) is 26.9 Å². The van der Waals surface area contributed by atoms with Crippen molar-refractivity contribution in [3.05, 3.63) is 52.8 Å². The molecule has 2 aromatic rings. The highest BCUT2D eigenvalue weighted by atomic mass is 35.5. The van der Waals surface area contributed by atoms with Crippen molar-refractivity contribution in [1.29, 1.82) is 0 Å². The standard InChI is InChI=1S/C20H25ClN4O2/c1-20(2,15-5-6-16-17(10-15)27-13-26-16)12-25-19(22-3)23-9-8-14-4-7-18(21)24-11-14/h4-7,10-11H,8-9,12-13H2,1-3H3,(H2,22,23,25). The lowest BCUT2D eigenvalue weighted by molar-refractivity contribution is 0.174. The number of fused-ring (bicyclic) bond motifs is 1. The average molecular weight is 389 g/mol.